The van der Waals surface area contributed by atoms with Crippen molar-refractivity contribution in [2.75, 3.05) is 0 Å². The fourth-order valence-electron chi connectivity index (χ4n) is 2.51. The van der Waals surface area contributed by atoms with Crippen LogP contribution in [-0.2, 0) is 12.5 Å². The number of amides is 1. The molecule has 1 aromatic heterocycles. The topological polar surface area (TPSA) is 62.2 Å². The van der Waals surface area contributed by atoms with E-state index < -0.39 is 11.8 Å². The second kappa shape index (κ2) is 6.47. The molecule has 6 heteroatoms. The first-order valence-corrected chi connectivity index (χ1v) is 7.68. The van der Waals surface area contributed by atoms with Crippen LogP contribution in [0.25, 0.3) is 10.9 Å². The third kappa shape index (κ3) is 3.57. The lowest BCUT2D eigenvalue weighted by molar-refractivity contribution is 0.0174. The van der Waals surface area contributed by atoms with Gasteiger partial charge >= 0.3 is 0 Å². The van der Waals surface area contributed by atoms with Crippen LogP contribution < -0.4 is 5.32 Å². The van der Waals surface area contributed by atoms with Crippen molar-refractivity contribution in [3.63, 3.8) is 0 Å². The second-order valence-corrected chi connectivity index (χ2v) is 5.80. The second-order valence-electron chi connectivity index (χ2n) is 5.80. The van der Waals surface area contributed by atoms with Gasteiger partial charge in [0.1, 0.15) is 5.52 Å². The lowest BCUT2D eigenvalue weighted by Crippen LogP contribution is -2.23. The number of aromatic nitrogens is 1. The summed E-state index contributed by atoms with van der Waals surface area (Å²) < 4.78 is 26.4. The van der Waals surface area contributed by atoms with Crippen molar-refractivity contribution in [1.29, 1.82) is 0 Å². The van der Waals surface area contributed by atoms with Crippen molar-refractivity contribution in [3.8, 4) is 5.75 Å². The molecule has 0 unspecified atom stereocenters. The molecule has 0 saturated carbocycles. The van der Waals surface area contributed by atoms with Crippen LogP contribution in [0.3, 0.4) is 0 Å². The smallest absolute Gasteiger partial charge is 0.270 e. The lowest BCUT2D eigenvalue weighted by atomic mass is 10.1. The summed E-state index contributed by atoms with van der Waals surface area (Å²) >= 11 is 0. The Morgan fingerprint density at radius 3 is 2.56 bits per heavy atom. The van der Waals surface area contributed by atoms with Gasteiger partial charge in [0, 0.05) is 30.6 Å². The maximum Gasteiger partial charge on any atom is 0.270 e. The number of phenols is 1. The van der Waals surface area contributed by atoms with E-state index in [1.165, 1.54) is 36.5 Å². The molecule has 1 heterocycles. The predicted octanol–water partition coefficient (Wildman–Crippen LogP) is 3.98. The molecule has 25 heavy (non-hydrogen) atoms. The van der Waals surface area contributed by atoms with Crippen LogP contribution in [0.4, 0.5) is 8.78 Å². The minimum Gasteiger partial charge on any atom is -0.505 e. The fourth-order valence-corrected chi connectivity index (χ4v) is 2.51. The average Bonchev–Trinajstić information content (AvgIpc) is 2.60. The third-order valence-electron chi connectivity index (χ3n) is 3.91. The van der Waals surface area contributed by atoms with Crippen LogP contribution in [-0.4, -0.2) is 16.0 Å². The number of aromatic hydroxyl groups is 1. The highest BCUT2D eigenvalue weighted by Gasteiger charge is 2.23. The number of carbonyl (C=O) groups is 1. The summed E-state index contributed by atoms with van der Waals surface area (Å²) in [7, 11) is 0. The SMILES string of the molecule is CC(F)(F)c1ccc(CNC(=O)c2ccc3cccnc3c2O)cc1. The molecule has 0 aliphatic heterocycles. The molecule has 0 bridgehead atoms. The molecular weight excluding hydrogens is 326 g/mol. The monoisotopic (exact) mass is 342 g/mol. The van der Waals surface area contributed by atoms with E-state index in [1.54, 1.807) is 18.2 Å². The largest absolute Gasteiger partial charge is 0.505 e. The van der Waals surface area contributed by atoms with Crippen molar-refractivity contribution in [1.82, 2.24) is 10.3 Å². The van der Waals surface area contributed by atoms with E-state index in [9.17, 15) is 18.7 Å². The van der Waals surface area contributed by atoms with Crippen LogP contribution in [0.5, 0.6) is 5.75 Å². The van der Waals surface area contributed by atoms with Crippen molar-refractivity contribution in [2.45, 2.75) is 19.4 Å². The molecule has 0 fully saturated rings. The molecule has 2 N–H and O–H groups in total. The summed E-state index contributed by atoms with van der Waals surface area (Å²) in [4.78, 5) is 16.4. The van der Waals surface area contributed by atoms with Gasteiger partial charge in [0.15, 0.2) is 5.75 Å². The third-order valence-corrected chi connectivity index (χ3v) is 3.91. The van der Waals surface area contributed by atoms with Gasteiger partial charge in [-0.15, -0.1) is 0 Å². The number of nitrogens with zero attached hydrogens (tertiary/aromatic N) is 1. The number of hydrogen-bond acceptors (Lipinski definition) is 3. The standard InChI is InChI=1S/C19H16F2N2O2/c1-19(20,21)14-7-4-12(5-8-14)11-23-18(25)15-9-6-13-3-2-10-22-16(13)17(15)24/h2-10,24H,11H2,1H3,(H,23,25). The highest BCUT2D eigenvalue weighted by atomic mass is 19.3. The number of rotatable bonds is 4. The summed E-state index contributed by atoms with van der Waals surface area (Å²) in [6.45, 7) is 0.994. The quantitative estimate of drug-likeness (QED) is 0.754. The molecule has 0 saturated heterocycles. The number of nitrogens with one attached hydrogen (secondary N) is 1. The van der Waals surface area contributed by atoms with Crippen LogP contribution in [0, 0.1) is 0 Å². The van der Waals surface area contributed by atoms with Crippen LogP contribution in [0.2, 0.25) is 0 Å². The van der Waals surface area contributed by atoms with Gasteiger partial charge in [-0.3, -0.25) is 9.78 Å². The Kier molecular flexibility index (Phi) is 4.35. The Morgan fingerprint density at radius 2 is 1.88 bits per heavy atom. The minimum absolute atomic E-state index is 0.0826. The Morgan fingerprint density at radius 1 is 1.16 bits per heavy atom. The van der Waals surface area contributed by atoms with Gasteiger partial charge in [-0.1, -0.05) is 36.4 Å². The molecule has 2 aromatic carbocycles. The first-order chi connectivity index (χ1) is 11.9. The lowest BCUT2D eigenvalue weighted by Gasteiger charge is -2.12. The summed E-state index contributed by atoms with van der Waals surface area (Å²) in [6, 6.07) is 12.5. The number of fused-ring (bicyclic) bond motifs is 1. The zero-order chi connectivity index (χ0) is 18.0. The van der Waals surface area contributed by atoms with E-state index in [0.29, 0.717) is 11.1 Å². The van der Waals surface area contributed by atoms with Crippen LogP contribution in [0.1, 0.15) is 28.4 Å². The molecule has 128 valence electrons. The Labute approximate surface area is 143 Å². The van der Waals surface area contributed by atoms with Gasteiger partial charge in [0.25, 0.3) is 11.8 Å². The average molecular weight is 342 g/mol. The molecule has 3 rings (SSSR count). The number of halogens is 2. The van der Waals surface area contributed by atoms with Gasteiger partial charge in [-0.2, -0.15) is 0 Å². The van der Waals surface area contributed by atoms with Gasteiger partial charge in [0.05, 0.1) is 5.56 Å². The first-order valence-electron chi connectivity index (χ1n) is 7.68. The van der Waals surface area contributed by atoms with Gasteiger partial charge in [-0.05, 0) is 17.7 Å². The van der Waals surface area contributed by atoms with E-state index in [2.05, 4.69) is 10.3 Å². The number of carbonyl (C=O) groups excluding carboxylic acids is 1. The van der Waals surface area contributed by atoms with E-state index in [4.69, 9.17) is 0 Å². The molecule has 0 aliphatic carbocycles. The number of phenolic OH excluding ortho intramolecular Hbond substituents is 1. The number of alkyl halides is 2. The Hall–Kier alpha value is -3.02. The molecule has 0 radical (unpaired) electrons. The Balaban J connectivity index is 1.74. The van der Waals surface area contributed by atoms with Gasteiger partial charge in [0.2, 0.25) is 0 Å². The van der Waals surface area contributed by atoms with E-state index in [1.807, 2.05) is 0 Å². The van der Waals surface area contributed by atoms with E-state index >= 15 is 0 Å². The van der Waals surface area contributed by atoms with Crippen molar-refractivity contribution in [3.05, 3.63) is 71.4 Å². The number of benzene rings is 2. The molecule has 4 nitrogen and oxygen atoms in total. The summed E-state index contributed by atoms with van der Waals surface area (Å²) in [6.07, 6.45) is 1.54. The number of pyridine rings is 1. The zero-order valence-electron chi connectivity index (χ0n) is 13.5. The van der Waals surface area contributed by atoms with Crippen molar-refractivity contribution in [2.24, 2.45) is 0 Å². The van der Waals surface area contributed by atoms with Gasteiger partial charge in [-0.25, -0.2) is 8.78 Å². The summed E-state index contributed by atoms with van der Waals surface area (Å²) in [5.41, 5.74) is 1.06. The Bertz CT molecular complexity index is 919. The van der Waals surface area contributed by atoms with Crippen molar-refractivity contribution < 1.29 is 18.7 Å². The predicted molar refractivity (Wildman–Crippen MR) is 90.6 cm³/mol. The maximum absolute atomic E-state index is 13.2. The fraction of sp³-hybridized carbons (Fsp3) is 0.158. The normalized spacial score (nSPS) is 11.5. The highest BCUT2D eigenvalue weighted by molar-refractivity contribution is 6.02. The zero-order valence-corrected chi connectivity index (χ0v) is 13.5. The summed E-state index contributed by atoms with van der Waals surface area (Å²) in [5, 5.41) is 13.6. The van der Waals surface area contributed by atoms with Crippen molar-refractivity contribution >= 4 is 16.8 Å². The molecule has 0 spiro atoms. The minimum atomic E-state index is -2.90. The van der Waals surface area contributed by atoms with Crippen LogP contribution in [0.15, 0.2) is 54.7 Å². The highest BCUT2D eigenvalue weighted by Crippen LogP contribution is 2.28. The first kappa shape index (κ1) is 16.8. The molecule has 1 amide bonds. The summed E-state index contributed by atoms with van der Waals surface area (Å²) in [5.74, 6) is -3.54. The van der Waals surface area contributed by atoms with Gasteiger partial charge < -0.3 is 10.4 Å². The maximum atomic E-state index is 13.2. The molecule has 3 aromatic rings. The number of hydrogen-bond donors (Lipinski definition) is 2. The van der Waals surface area contributed by atoms with E-state index in [0.717, 1.165) is 12.3 Å². The van der Waals surface area contributed by atoms with E-state index in [-0.39, 0.29) is 23.4 Å². The van der Waals surface area contributed by atoms with Crippen LogP contribution >= 0.6 is 0 Å². The molecule has 0 aliphatic rings. The molecular formula is C19H16F2N2O2. The molecule has 0 atom stereocenters.